The summed E-state index contributed by atoms with van der Waals surface area (Å²) in [5.74, 6) is -1.01. The van der Waals surface area contributed by atoms with E-state index in [1.165, 1.54) is 24.4 Å². The second-order valence-corrected chi connectivity index (χ2v) is 3.22. The lowest BCUT2D eigenvalue weighted by molar-refractivity contribution is 0.0696. The van der Waals surface area contributed by atoms with Gasteiger partial charge in [0.05, 0.1) is 11.3 Å². The molecule has 0 spiro atoms. The van der Waals surface area contributed by atoms with Gasteiger partial charge in [-0.05, 0) is 18.2 Å². The molecule has 0 atom stereocenters. The standard InChI is InChI=1S/C8H5Cl2NO2/c9-7(10)3-6-2-1-5(4-11-6)8(12)13/h1-4H,(H,12,13). The van der Waals surface area contributed by atoms with Crippen molar-refractivity contribution in [2.75, 3.05) is 0 Å². The molecule has 0 bridgehead atoms. The van der Waals surface area contributed by atoms with Gasteiger partial charge < -0.3 is 5.11 Å². The number of rotatable bonds is 2. The quantitative estimate of drug-likeness (QED) is 0.829. The van der Waals surface area contributed by atoms with Crippen molar-refractivity contribution >= 4 is 35.2 Å². The number of hydrogen-bond acceptors (Lipinski definition) is 2. The molecule has 0 saturated heterocycles. The molecule has 0 saturated carbocycles. The lowest BCUT2D eigenvalue weighted by Gasteiger charge is -1.94. The van der Waals surface area contributed by atoms with E-state index in [9.17, 15) is 4.79 Å². The van der Waals surface area contributed by atoms with Crippen LogP contribution in [0.4, 0.5) is 0 Å². The average molecular weight is 218 g/mol. The zero-order valence-electron chi connectivity index (χ0n) is 6.37. The molecule has 0 aromatic carbocycles. The third-order valence-electron chi connectivity index (χ3n) is 1.29. The highest BCUT2D eigenvalue weighted by Crippen LogP contribution is 2.12. The Labute approximate surface area is 84.6 Å². The van der Waals surface area contributed by atoms with E-state index in [-0.39, 0.29) is 10.1 Å². The first-order chi connectivity index (χ1) is 6.09. The topological polar surface area (TPSA) is 50.2 Å². The summed E-state index contributed by atoms with van der Waals surface area (Å²) in [6.45, 7) is 0. The molecule has 1 rings (SSSR count). The van der Waals surface area contributed by atoms with Gasteiger partial charge in [-0.3, -0.25) is 4.98 Å². The number of carbonyl (C=O) groups is 1. The molecule has 5 heteroatoms. The molecule has 1 aromatic heterocycles. The minimum Gasteiger partial charge on any atom is -0.478 e. The summed E-state index contributed by atoms with van der Waals surface area (Å²) in [5, 5.41) is 8.55. The molecule has 13 heavy (non-hydrogen) atoms. The Morgan fingerprint density at radius 2 is 2.15 bits per heavy atom. The fraction of sp³-hybridized carbons (Fsp3) is 0. The van der Waals surface area contributed by atoms with Crippen LogP contribution in [-0.4, -0.2) is 16.1 Å². The van der Waals surface area contributed by atoms with E-state index in [0.29, 0.717) is 5.69 Å². The van der Waals surface area contributed by atoms with Gasteiger partial charge in [0.1, 0.15) is 4.49 Å². The number of aromatic nitrogens is 1. The van der Waals surface area contributed by atoms with Gasteiger partial charge in [-0.2, -0.15) is 0 Å². The van der Waals surface area contributed by atoms with Crippen molar-refractivity contribution in [1.29, 1.82) is 0 Å². The highest BCUT2D eigenvalue weighted by Gasteiger charge is 2.01. The summed E-state index contributed by atoms with van der Waals surface area (Å²) in [5.41, 5.74) is 0.646. The zero-order valence-corrected chi connectivity index (χ0v) is 7.88. The summed E-state index contributed by atoms with van der Waals surface area (Å²) in [7, 11) is 0. The maximum Gasteiger partial charge on any atom is 0.337 e. The van der Waals surface area contributed by atoms with Gasteiger partial charge in [0.15, 0.2) is 0 Å². The van der Waals surface area contributed by atoms with Crippen LogP contribution in [0.2, 0.25) is 0 Å². The molecule has 1 N–H and O–H groups in total. The lowest BCUT2D eigenvalue weighted by Crippen LogP contribution is -1.96. The van der Waals surface area contributed by atoms with Crippen molar-refractivity contribution in [3.8, 4) is 0 Å². The molecule has 1 heterocycles. The SMILES string of the molecule is O=C(O)c1ccc(C=C(Cl)Cl)nc1. The Morgan fingerprint density at radius 1 is 1.46 bits per heavy atom. The molecule has 0 fully saturated rings. The molecule has 0 aliphatic carbocycles. The van der Waals surface area contributed by atoms with Gasteiger partial charge >= 0.3 is 5.97 Å². The van der Waals surface area contributed by atoms with Crippen molar-refractivity contribution in [3.63, 3.8) is 0 Å². The number of carboxylic acids is 1. The molecule has 0 aliphatic rings. The van der Waals surface area contributed by atoms with Crippen LogP contribution in [0.25, 0.3) is 6.08 Å². The predicted molar refractivity (Wildman–Crippen MR) is 50.9 cm³/mol. The van der Waals surface area contributed by atoms with E-state index in [1.54, 1.807) is 0 Å². The number of carboxylic acid groups (broad SMARTS) is 1. The first-order valence-corrected chi connectivity index (χ1v) is 4.07. The van der Waals surface area contributed by atoms with Crippen molar-refractivity contribution in [3.05, 3.63) is 34.1 Å². The molecule has 0 unspecified atom stereocenters. The van der Waals surface area contributed by atoms with Crippen molar-refractivity contribution < 1.29 is 9.90 Å². The molecular weight excluding hydrogens is 213 g/mol. The monoisotopic (exact) mass is 217 g/mol. The maximum atomic E-state index is 10.4. The van der Waals surface area contributed by atoms with E-state index in [2.05, 4.69) is 4.98 Å². The van der Waals surface area contributed by atoms with Gasteiger partial charge in [0.2, 0.25) is 0 Å². The Hall–Kier alpha value is -1.06. The minimum atomic E-state index is -1.01. The highest BCUT2D eigenvalue weighted by molar-refractivity contribution is 6.57. The van der Waals surface area contributed by atoms with Crippen LogP contribution in [0.5, 0.6) is 0 Å². The number of hydrogen-bond donors (Lipinski definition) is 1. The van der Waals surface area contributed by atoms with Crippen molar-refractivity contribution in [2.24, 2.45) is 0 Å². The summed E-state index contributed by atoms with van der Waals surface area (Å²) in [6, 6.07) is 2.95. The third kappa shape index (κ3) is 3.05. The highest BCUT2D eigenvalue weighted by atomic mass is 35.5. The average Bonchev–Trinajstić information content (AvgIpc) is 2.04. The van der Waals surface area contributed by atoms with Crippen LogP contribution < -0.4 is 0 Å². The van der Waals surface area contributed by atoms with Crippen LogP contribution >= 0.6 is 23.2 Å². The largest absolute Gasteiger partial charge is 0.478 e. The van der Waals surface area contributed by atoms with Gasteiger partial charge in [-0.25, -0.2) is 4.79 Å². The summed E-state index contributed by atoms with van der Waals surface area (Å²) in [6.07, 6.45) is 2.67. The van der Waals surface area contributed by atoms with Crippen LogP contribution in [0.3, 0.4) is 0 Å². The molecule has 0 amide bonds. The Bertz CT molecular complexity index is 342. The summed E-state index contributed by atoms with van der Waals surface area (Å²) >= 11 is 10.8. The Balaban J connectivity index is 2.94. The Kier molecular flexibility index (Phi) is 3.28. The number of aromatic carboxylic acids is 1. The van der Waals surface area contributed by atoms with Crippen LogP contribution in [0.1, 0.15) is 16.1 Å². The van der Waals surface area contributed by atoms with E-state index in [4.69, 9.17) is 28.3 Å². The maximum absolute atomic E-state index is 10.4. The van der Waals surface area contributed by atoms with Gasteiger partial charge in [-0.15, -0.1) is 0 Å². The number of halogens is 2. The lowest BCUT2D eigenvalue weighted by atomic mass is 10.2. The molecule has 1 aromatic rings. The van der Waals surface area contributed by atoms with Crippen molar-refractivity contribution in [1.82, 2.24) is 4.98 Å². The number of nitrogens with zero attached hydrogens (tertiary/aromatic N) is 1. The molecule has 68 valence electrons. The molecule has 0 aliphatic heterocycles. The second-order valence-electron chi connectivity index (χ2n) is 2.21. The van der Waals surface area contributed by atoms with Crippen molar-refractivity contribution in [2.45, 2.75) is 0 Å². The second kappa shape index (κ2) is 4.25. The first kappa shape index (κ1) is 10.0. The molecule has 0 radical (unpaired) electrons. The fourth-order valence-corrected chi connectivity index (χ4v) is 0.953. The minimum absolute atomic E-state index is 0.0792. The fourth-order valence-electron chi connectivity index (χ4n) is 0.729. The van der Waals surface area contributed by atoms with E-state index in [0.717, 1.165) is 0 Å². The summed E-state index contributed by atoms with van der Waals surface area (Å²) < 4.78 is 0.0792. The van der Waals surface area contributed by atoms with Gasteiger partial charge in [-0.1, -0.05) is 23.2 Å². The van der Waals surface area contributed by atoms with Crippen LogP contribution in [-0.2, 0) is 0 Å². The van der Waals surface area contributed by atoms with Gasteiger partial charge in [0, 0.05) is 6.20 Å². The van der Waals surface area contributed by atoms with E-state index >= 15 is 0 Å². The normalized spacial score (nSPS) is 9.38. The Morgan fingerprint density at radius 3 is 2.54 bits per heavy atom. The summed E-state index contributed by atoms with van der Waals surface area (Å²) in [4.78, 5) is 14.2. The third-order valence-corrected chi connectivity index (χ3v) is 1.51. The smallest absolute Gasteiger partial charge is 0.337 e. The zero-order chi connectivity index (χ0) is 9.84. The number of pyridine rings is 1. The predicted octanol–water partition coefficient (Wildman–Crippen LogP) is 2.56. The van der Waals surface area contributed by atoms with E-state index < -0.39 is 5.97 Å². The molecular formula is C8H5Cl2NO2. The van der Waals surface area contributed by atoms with Crippen LogP contribution in [0.15, 0.2) is 22.8 Å². The van der Waals surface area contributed by atoms with Gasteiger partial charge in [0.25, 0.3) is 0 Å². The van der Waals surface area contributed by atoms with Crippen LogP contribution in [0, 0.1) is 0 Å². The molecule has 3 nitrogen and oxygen atoms in total. The van der Waals surface area contributed by atoms with E-state index in [1.807, 2.05) is 0 Å². The first-order valence-electron chi connectivity index (χ1n) is 3.31.